The first-order valence-electron chi connectivity index (χ1n) is 11.1. The van der Waals surface area contributed by atoms with Crippen molar-refractivity contribution in [1.82, 2.24) is 0 Å². The van der Waals surface area contributed by atoms with Crippen LogP contribution in [-0.2, 0) is 27.4 Å². The molecule has 7 nitrogen and oxygen atoms in total. The van der Waals surface area contributed by atoms with Crippen molar-refractivity contribution in [3.05, 3.63) is 113 Å². The van der Waals surface area contributed by atoms with Gasteiger partial charge in [-0.2, -0.15) is 0 Å². The van der Waals surface area contributed by atoms with Crippen molar-refractivity contribution in [3.63, 3.8) is 0 Å². The summed E-state index contributed by atoms with van der Waals surface area (Å²) in [7, 11) is 0. The molecule has 8 heteroatoms. The zero-order valence-corrected chi connectivity index (χ0v) is 19.4. The van der Waals surface area contributed by atoms with Crippen LogP contribution in [-0.4, -0.2) is 41.5 Å². The van der Waals surface area contributed by atoms with Gasteiger partial charge in [-0.3, -0.25) is 0 Å². The van der Waals surface area contributed by atoms with E-state index in [0.717, 1.165) is 16.0 Å². The molecule has 1 saturated heterocycles. The molecule has 1 heterocycles. The number of azide groups is 1. The van der Waals surface area contributed by atoms with Crippen LogP contribution in [0, 0.1) is 0 Å². The predicted molar refractivity (Wildman–Crippen MR) is 131 cm³/mol. The van der Waals surface area contributed by atoms with E-state index >= 15 is 0 Å². The molecule has 0 bridgehead atoms. The average molecular weight is 478 g/mol. The highest BCUT2D eigenvalue weighted by atomic mass is 32.2. The van der Waals surface area contributed by atoms with E-state index in [4.69, 9.17) is 14.2 Å². The van der Waals surface area contributed by atoms with E-state index in [9.17, 15) is 10.6 Å². The lowest BCUT2D eigenvalue weighted by atomic mass is 9.98. The number of ether oxygens (including phenoxy) is 3. The van der Waals surface area contributed by atoms with Crippen molar-refractivity contribution in [2.75, 3.05) is 6.61 Å². The lowest BCUT2D eigenvalue weighted by molar-refractivity contribution is -0.190. The number of rotatable bonds is 10. The summed E-state index contributed by atoms with van der Waals surface area (Å²) in [5.74, 6) is 0. The third kappa shape index (κ3) is 6.61. The molecule has 1 aliphatic heterocycles. The van der Waals surface area contributed by atoms with Crippen LogP contribution in [0.1, 0.15) is 11.1 Å². The summed E-state index contributed by atoms with van der Waals surface area (Å²) >= 11 is 1.44. The number of aliphatic hydroxyl groups is 1. The Labute approximate surface area is 203 Å². The minimum Gasteiger partial charge on any atom is -0.388 e. The van der Waals surface area contributed by atoms with Crippen molar-refractivity contribution >= 4 is 11.8 Å². The summed E-state index contributed by atoms with van der Waals surface area (Å²) in [6.07, 6.45) is -2.42. The molecule has 0 aromatic heterocycles. The summed E-state index contributed by atoms with van der Waals surface area (Å²) in [5, 5.41) is 15.1. The Kier molecular flexibility index (Phi) is 8.98. The fourth-order valence-electron chi connectivity index (χ4n) is 3.78. The second-order valence-electron chi connectivity index (χ2n) is 7.92. The quantitative estimate of drug-likeness (QED) is 0.241. The number of nitrogens with zero attached hydrogens (tertiary/aromatic N) is 3. The van der Waals surface area contributed by atoms with Crippen molar-refractivity contribution in [2.45, 2.75) is 47.9 Å². The molecule has 1 aliphatic rings. The maximum atomic E-state index is 11.2. The van der Waals surface area contributed by atoms with E-state index in [2.05, 4.69) is 10.0 Å². The predicted octanol–water partition coefficient (Wildman–Crippen LogP) is 5.35. The molecule has 5 atom stereocenters. The molecule has 0 amide bonds. The number of benzene rings is 3. The van der Waals surface area contributed by atoms with Gasteiger partial charge in [0.15, 0.2) is 0 Å². The summed E-state index contributed by atoms with van der Waals surface area (Å²) in [5.41, 5.74) is 10.7. The Bertz CT molecular complexity index is 1050. The second-order valence-corrected chi connectivity index (χ2v) is 9.09. The summed E-state index contributed by atoms with van der Waals surface area (Å²) < 4.78 is 18.3. The van der Waals surface area contributed by atoms with E-state index in [0.29, 0.717) is 6.61 Å². The number of hydrogen-bond donors (Lipinski definition) is 1. The first-order chi connectivity index (χ1) is 16.7. The first-order valence-corrected chi connectivity index (χ1v) is 12.0. The fourth-order valence-corrected chi connectivity index (χ4v) is 4.91. The highest BCUT2D eigenvalue weighted by Gasteiger charge is 2.46. The SMILES string of the molecule is [N-]=[N+]=NC1[C@@H](OCc2ccccc2)[C@H](O)[C@@H](COCc2ccccc2)O[C@H]1Sc1ccccc1. The molecule has 1 fully saturated rings. The maximum Gasteiger partial charge on any atom is 0.119 e. The van der Waals surface area contributed by atoms with Gasteiger partial charge >= 0.3 is 0 Å². The minimum absolute atomic E-state index is 0.177. The van der Waals surface area contributed by atoms with Crippen LogP contribution in [0.2, 0.25) is 0 Å². The lowest BCUT2D eigenvalue weighted by Gasteiger charge is -2.42. The van der Waals surface area contributed by atoms with Crippen molar-refractivity contribution in [2.24, 2.45) is 5.11 Å². The van der Waals surface area contributed by atoms with Gasteiger partial charge in [-0.15, -0.1) is 0 Å². The van der Waals surface area contributed by atoms with E-state index in [1.54, 1.807) is 0 Å². The highest BCUT2D eigenvalue weighted by Crippen LogP contribution is 2.36. The van der Waals surface area contributed by atoms with Crippen LogP contribution < -0.4 is 0 Å². The molecule has 4 rings (SSSR count). The Morgan fingerprint density at radius 1 is 0.882 bits per heavy atom. The maximum absolute atomic E-state index is 11.2. The Morgan fingerprint density at radius 2 is 1.47 bits per heavy atom. The Hall–Kier alpha value is -2.84. The van der Waals surface area contributed by atoms with Crippen molar-refractivity contribution < 1.29 is 19.3 Å². The molecule has 176 valence electrons. The van der Waals surface area contributed by atoms with Crippen molar-refractivity contribution in [3.8, 4) is 0 Å². The number of aliphatic hydroxyl groups excluding tert-OH is 1. The molecule has 3 aromatic rings. The lowest BCUT2D eigenvalue weighted by Crippen LogP contribution is -2.57. The van der Waals surface area contributed by atoms with Gasteiger partial charge in [-0.25, -0.2) is 0 Å². The highest BCUT2D eigenvalue weighted by molar-refractivity contribution is 7.99. The fraction of sp³-hybridized carbons (Fsp3) is 0.308. The molecular formula is C26H27N3O4S. The van der Waals surface area contributed by atoms with Gasteiger partial charge in [0.2, 0.25) is 0 Å². The first kappa shape index (κ1) is 24.3. The molecule has 0 spiro atoms. The van der Waals surface area contributed by atoms with Gasteiger partial charge in [-0.05, 0) is 28.8 Å². The number of hydrogen-bond acceptors (Lipinski definition) is 6. The van der Waals surface area contributed by atoms with Gasteiger partial charge in [0.05, 0.1) is 25.9 Å². The topological polar surface area (TPSA) is 96.7 Å². The molecule has 1 N–H and O–H groups in total. The van der Waals surface area contributed by atoms with Crippen LogP contribution >= 0.6 is 11.8 Å². The molecule has 34 heavy (non-hydrogen) atoms. The molecule has 1 unspecified atom stereocenters. The van der Waals surface area contributed by atoms with Crippen LogP contribution in [0.25, 0.3) is 10.4 Å². The standard InChI is InChI=1S/C26H27N3O4S/c27-29-28-23-25(32-17-20-12-6-2-7-13-20)24(30)22(18-31-16-19-10-4-1-5-11-19)33-26(23)34-21-14-8-3-9-15-21/h1-15,22-26,30H,16-18H2/t22-,23?,24-,25-,26+/m1/s1. The largest absolute Gasteiger partial charge is 0.388 e. The monoisotopic (exact) mass is 477 g/mol. The summed E-state index contributed by atoms with van der Waals surface area (Å²) in [4.78, 5) is 3.99. The number of thioether (sulfide) groups is 1. The molecule has 0 radical (unpaired) electrons. The zero-order chi connectivity index (χ0) is 23.6. The van der Waals surface area contributed by atoms with Crippen LogP contribution in [0.3, 0.4) is 0 Å². The van der Waals surface area contributed by atoms with Gasteiger partial charge in [0.1, 0.15) is 23.7 Å². The van der Waals surface area contributed by atoms with Crippen LogP contribution in [0.4, 0.5) is 0 Å². The summed E-state index contributed by atoms with van der Waals surface area (Å²) in [6, 6.07) is 28.5. The third-order valence-corrected chi connectivity index (χ3v) is 6.67. The van der Waals surface area contributed by atoms with E-state index in [1.165, 1.54) is 11.8 Å². The van der Waals surface area contributed by atoms with E-state index < -0.39 is 29.8 Å². The Balaban J connectivity index is 1.51. The average Bonchev–Trinajstić information content (AvgIpc) is 2.88. The smallest absolute Gasteiger partial charge is 0.119 e. The van der Waals surface area contributed by atoms with Crippen LogP contribution in [0.5, 0.6) is 0 Å². The Morgan fingerprint density at radius 3 is 2.09 bits per heavy atom. The minimum atomic E-state index is -1.03. The molecule has 3 aromatic carbocycles. The normalized spacial score (nSPS) is 24.3. The van der Waals surface area contributed by atoms with E-state index in [-0.39, 0.29) is 13.2 Å². The van der Waals surface area contributed by atoms with Crippen molar-refractivity contribution in [1.29, 1.82) is 0 Å². The van der Waals surface area contributed by atoms with Crippen LogP contribution in [0.15, 0.2) is 101 Å². The molecule has 0 aliphatic carbocycles. The molecular weight excluding hydrogens is 450 g/mol. The second kappa shape index (κ2) is 12.6. The van der Waals surface area contributed by atoms with Gasteiger partial charge in [0.25, 0.3) is 0 Å². The van der Waals surface area contributed by atoms with Gasteiger partial charge in [0, 0.05) is 9.81 Å². The molecule has 0 saturated carbocycles. The van der Waals surface area contributed by atoms with Gasteiger partial charge < -0.3 is 19.3 Å². The summed E-state index contributed by atoms with van der Waals surface area (Å²) in [6.45, 7) is 0.857. The van der Waals surface area contributed by atoms with E-state index in [1.807, 2.05) is 91.0 Å². The van der Waals surface area contributed by atoms with Gasteiger partial charge in [-0.1, -0.05) is 95.7 Å². The third-order valence-electron chi connectivity index (χ3n) is 5.50. The zero-order valence-electron chi connectivity index (χ0n) is 18.6.